The van der Waals surface area contributed by atoms with Gasteiger partial charge < -0.3 is 0 Å². The highest BCUT2D eigenvalue weighted by Gasteiger charge is 2.21. The summed E-state index contributed by atoms with van der Waals surface area (Å²) < 4.78 is 2.26. The number of nitrogens with zero attached hydrogens (tertiary/aromatic N) is 3. The number of benzene rings is 3. The van der Waals surface area contributed by atoms with Gasteiger partial charge in [0, 0.05) is 16.8 Å². The normalized spacial score (nSPS) is 10.9. The summed E-state index contributed by atoms with van der Waals surface area (Å²) in [4.78, 5) is 8.85. The van der Waals surface area contributed by atoms with Gasteiger partial charge in [-0.1, -0.05) is 53.6 Å². The van der Waals surface area contributed by atoms with Crippen molar-refractivity contribution in [3.63, 3.8) is 0 Å². The number of rotatable bonds is 3. The van der Waals surface area contributed by atoms with E-state index in [1.807, 2.05) is 19.1 Å². The lowest BCUT2D eigenvalue weighted by Crippen LogP contribution is -2.05. The van der Waals surface area contributed by atoms with E-state index in [1.54, 1.807) is 0 Å². The van der Waals surface area contributed by atoms with Gasteiger partial charge >= 0.3 is 0 Å². The van der Waals surface area contributed by atoms with Crippen LogP contribution < -0.4 is 0 Å². The van der Waals surface area contributed by atoms with Crippen molar-refractivity contribution in [2.24, 2.45) is 0 Å². The van der Waals surface area contributed by atoms with Crippen LogP contribution in [0.1, 0.15) is 33.5 Å². The minimum atomic E-state index is 0.666. The third kappa shape index (κ3) is 3.66. The Kier molecular flexibility index (Phi) is 5.25. The van der Waals surface area contributed by atoms with Crippen molar-refractivity contribution in [3.05, 3.63) is 99.5 Å². The summed E-state index contributed by atoms with van der Waals surface area (Å²) in [6, 6.07) is 19.0. The standard InChI is InChI=1S/C28H27N3/c1-17-9-8-10-23(15-17)26-22(6)31(27-20(4)13-18(2)14-21(27)5)28(30-26)24-12-11-19(3)25(16-24)29-7/h8-16H,1-6H3. The maximum Gasteiger partial charge on any atom is 0.190 e. The summed E-state index contributed by atoms with van der Waals surface area (Å²) in [5, 5.41) is 0. The topological polar surface area (TPSA) is 22.2 Å². The van der Waals surface area contributed by atoms with E-state index >= 15 is 0 Å². The lowest BCUT2D eigenvalue weighted by atomic mass is 10.0. The van der Waals surface area contributed by atoms with Crippen molar-refractivity contribution in [1.29, 1.82) is 0 Å². The van der Waals surface area contributed by atoms with Gasteiger partial charge in [-0.25, -0.2) is 9.83 Å². The molecule has 1 aromatic heterocycles. The molecule has 154 valence electrons. The molecule has 4 aromatic rings. The van der Waals surface area contributed by atoms with Crippen LogP contribution in [-0.2, 0) is 0 Å². The summed E-state index contributed by atoms with van der Waals surface area (Å²) in [6.07, 6.45) is 0. The SMILES string of the molecule is [C-]#[N+]c1cc(-c2nc(-c3cccc(C)c3)c(C)n2-c2c(C)cc(C)cc2C)ccc1C. The average Bonchev–Trinajstić information content (AvgIpc) is 3.05. The lowest BCUT2D eigenvalue weighted by molar-refractivity contribution is 0.985. The fourth-order valence-corrected chi connectivity index (χ4v) is 4.43. The Hall–Kier alpha value is -3.64. The van der Waals surface area contributed by atoms with E-state index in [0.29, 0.717) is 5.69 Å². The van der Waals surface area contributed by atoms with Crippen molar-refractivity contribution < 1.29 is 0 Å². The van der Waals surface area contributed by atoms with Crippen LogP contribution in [0.2, 0.25) is 0 Å². The first kappa shape index (κ1) is 20.6. The molecular weight excluding hydrogens is 378 g/mol. The summed E-state index contributed by atoms with van der Waals surface area (Å²) in [6.45, 7) is 20.2. The van der Waals surface area contributed by atoms with Gasteiger partial charge in [0.2, 0.25) is 0 Å². The summed E-state index contributed by atoms with van der Waals surface area (Å²) in [5.74, 6) is 0.869. The molecule has 0 N–H and O–H groups in total. The molecule has 3 nitrogen and oxygen atoms in total. The number of aryl methyl sites for hydroxylation is 5. The molecule has 1 heterocycles. The summed E-state index contributed by atoms with van der Waals surface area (Å²) >= 11 is 0. The van der Waals surface area contributed by atoms with Crippen LogP contribution in [0.5, 0.6) is 0 Å². The molecule has 0 spiro atoms. The van der Waals surface area contributed by atoms with Crippen molar-refractivity contribution in [1.82, 2.24) is 9.55 Å². The molecule has 0 amide bonds. The highest BCUT2D eigenvalue weighted by molar-refractivity contribution is 5.74. The van der Waals surface area contributed by atoms with Crippen molar-refractivity contribution >= 4 is 5.69 Å². The first-order valence-corrected chi connectivity index (χ1v) is 10.5. The molecule has 0 unspecified atom stereocenters. The van der Waals surface area contributed by atoms with Crippen LogP contribution >= 0.6 is 0 Å². The molecular formula is C28H27N3. The van der Waals surface area contributed by atoms with Crippen LogP contribution in [0, 0.1) is 48.1 Å². The molecule has 0 atom stereocenters. The number of hydrogen-bond acceptors (Lipinski definition) is 1. The van der Waals surface area contributed by atoms with Crippen LogP contribution in [0.15, 0.2) is 54.6 Å². The first-order chi connectivity index (χ1) is 14.8. The van der Waals surface area contributed by atoms with Gasteiger partial charge in [0.15, 0.2) is 5.69 Å². The molecule has 0 aliphatic rings. The van der Waals surface area contributed by atoms with Crippen molar-refractivity contribution in [3.8, 4) is 28.3 Å². The highest BCUT2D eigenvalue weighted by atomic mass is 15.1. The molecule has 0 bridgehead atoms. The summed E-state index contributed by atoms with van der Waals surface area (Å²) in [5.41, 5.74) is 11.8. The van der Waals surface area contributed by atoms with Gasteiger partial charge in [-0.05, 0) is 70.4 Å². The van der Waals surface area contributed by atoms with E-state index < -0.39 is 0 Å². The summed E-state index contributed by atoms with van der Waals surface area (Å²) in [7, 11) is 0. The van der Waals surface area contributed by atoms with Gasteiger partial charge in [-0.2, -0.15) is 0 Å². The minimum Gasteiger partial charge on any atom is -0.296 e. The Labute approximate surface area is 184 Å². The van der Waals surface area contributed by atoms with Gasteiger partial charge in [0.25, 0.3) is 0 Å². The van der Waals surface area contributed by atoms with E-state index in [0.717, 1.165) is 39.6 Å². The van der Waals surface area contributed by atoms with Crippen molar-refractivity contribution in [2.45, 2.75) is 41.5 Å². The third-order valence-electron chi connectivity index (χ3n) is 5.85. The van der Waals surface area contributed by atoms with E-state index in [4.69, 9.17) is 11.6 Å². The predicted molar refractivity (Wildman–Crippen MR) is 129 cm³/mol. The molecule has 0 fully saturated rings. The molecule has 31 heavy (non-hydrogen) atoms. The van der Waals surface area contributed by atoms with Crippen LogP contribution in [0.4, 0.5) is 5.69 Å². The monoisotopic (exact) mass is 405 g/mol. The van der Waals surface area contributed by atoms with Gasteiger partial charge in [-0.15, -0.1) is 0 Å². The van der Waals surface area contributed by atoms with E-state index in [9.17, 15) is 0 Å². The smallest absolute Gasteiger partial charge is 0.190 e. The zero-order valence-electron chi connectivity index (χ0n) is 19.0. The van der Waals surface area contributed by atoms with E-state index in [-0.39, 0.29) is 0 Å². The largest absolute Gasteiger partial charge is 0.296 e. The molecule has 0 saturated heterocycles. The van der Waals surface area contributed by atoms with E-state index in [2.05, 4.69) is 86.5 Å². The lowest BCUT2D eigenvalue weighted by Gasteiger charge is -2.17. The molecule has 0 aliphatic heterocycles. The Bertz CT molecular complexity index is 1330. The highest BCUT2D eigenvalue weighted by Crippen LogP contribution is 2.36. The van der Waals surface area contributed by atoms with Crippen LogP contribution in [0.25, 0.3) is 33.2 Å². The quantitative estimate of drug-likeness (QED) is 0.322. The first-order valence-electron chi connectivity index (χ1n) is 10.5. The second-order valence-corrected chi connectivity index (χ2v) is 8.43. The molecule has 0 saturated carbocycles. The number of hydrogen-bond donors (Lipinski definition) is 0. The third-order valence-corrected chi connectivity index (χ3v) is 5.85. The van der Waals surface area contributed by atoms with Gasteiger partial charge in [-0.3, -0.25) is 4.57 Å². The fraction of sp³-hybridized carbons (Fsp3) is 0.214. The number of aromatic nitrogens is 2. The zero-order chi connectivity index (χ0) is 22.3. The Balaban J connectivity index is 2.07. The Morgan fingerprint density at radius 1 is 0.742 bits per heavy atom. The molecule has 0 radical (unpaired) electrons. The second kappa shape index (κ2) is 7.89. The second-order valence-electron chi connectivity index (χ2n) is 8.43. The Morgan fingerprint density at radius 2 is 1.45 bits per heavy atom. The van der Waals surface area contributed by atoms with Crippen LogP contribution in [0.3, 0.4) is 0 Å². The maximum atomic E-state index is 7.56. The number of imidazole rings is 1. The van der Waals surface area contributed by atoms with Gasteiger partial charge in [0.1, 0.15) is 5.82 Å². The van der Waals surface area contributed by atoms with E-state index in [1.165, 1.54) is 22.3 Å². The van der Waals surface area contributed by atoms with Crippen LogP contribution in [-0.4, -0.2) is 9.55 Å². The minimum absolute atomic E-state index is 0.666. The fourth-order valence-electron chi connectivity index (χ4n) is 4.43. The van der Waals surface area contributed by atoms with Crippen molar-refractivity contribution in [2.75, 3.05) is 0 Å². The molecule has 0 aliphatic carbocycles. The van der Waals surface area contributed by atoms with Gasteiger partial charge in [0.05, 0.1) is 18.0 Å². The zero-order valence-corrected chi connectivity index (χ0v) is 19.0. The predicted octanol–water partition coefficient (Wildman–Crippen LogP) is 7.61. The molecule has 4 rings (SSSR count). The Morgan fingerprint density at radius 3 is 2.10 bits per heavy atom. The molecule has 3 aromatic carbocycles. The average molecular weight is 406 g/mol. The maximum absolute atomic E-state index is 7.56. The molecule has 3 heteroatoms.